The molecule has 0 unspecified atom stereocenters. The Labute approximate surface area is 167 Å². The quantitative estimate of drug-likeness (QED) is 0.373. The molecule has 134 valence electrons. The summed E-state index contributed by atoms with van der Waals surface area (Å²) in [4.78, 5) is 12.2. The third-order valence-corrected chi connectivity index (χ3v) is 5.97. The lowest BCUT2D eigenvalue weighted by atomic mass is 10.3. The van der Waals surface area contributed by atoms with Crippen molar-refractivity contribution in [3.05, 3.63) is 74.9 Å². The zero-order valence-corrected chi connectivity index (χ0v) is 16.7. The van der Waals surface area contributed by atoms with Crippen LogP contribution in [-0.2, 0) is 9.84 Å². The first-order chi connectivity index (χ1) is 12.3. The monoisotopic (exact) mass is 474 g/mol. The average molecular weight is 476 g/mol. The molecule has 1 heterocycles. The molecule has 9 heteroatoms. The van der Waals surface area contributed by atoms with E-state index in [4.69, 9.17) is 32.4 Å². The molecule has 0 aliphatic carbocycles. The predicted octanol–water partition coefficient (Wildman–Crippen LogP) is 5.40. The third-order valence-electron chi connectivity index (χ3n) is 3.27. The van der Waals surface area contributed by atoms with Crippen LogP contribution in [0, 0.1) is 0 Å². The highest BCUT2D eigenvalue weighted by Gasteiger charge is 2.24. The van der Waals surface area contributed by atoms with Crippen molar-refractivity contribution in [3.8, 4) is 5.75 Å². The van der Waals surface area contributed by atoms with E-state index in [0.29, 0.717) is 5.02 Å². The molecule has 1 aromatic heterocycles. The van der Waals surface area contributed by atoms with Crippen molar-refractivity contribution in [2.45, 2.75) is 9.99 Å². The van der Waals surface area contributed by atoms with E-state index >= 15 is 0 Å². The summed E-state index contributed by atoms with van der Waals surface area (Å²) in [7, 11) is -3.89. The van der Waals surface area contributed by atoms with Gasteiger partial charge in [-0.1, -0.05) is 39.1 Å². The van der Waals surface area contributed by atoms with Crippen molar-refractivity contribution >= 4 is 54.9 Å². The van der Waals surface area contributed by atoms with Crippen LogP contribution in [0.5, 0.6) is 5.75 Å². The zero-order chi connectivity index (χ0) is 18.9. The van der Waals surface area contributed by atoms with Crippen molar-refractivity contribution in [3.63, 3.8) is 0 Å². The number of furan rings is 1. The summed E-state index contributed by atoms with van der Waals surface area (Å²) in [6, 6.07) is 12.8. The first-order valence-corrected chi connectivity index (χ1v) is 10.1. The number of esters is 1. The molecule has 0 atom stereocenters. The van der Waals surface area contributed by atoms with Gasteiger partial charge in [0, 0.05) is 9.50 Å². The van der Waals surface area contributed by atoms with Crippen molar-refractivity contribution < 1.29 is 22.4 Å². The number of sulfone groups is 1. The topological polar surface area (TPSA) is 73.6 Å². The van der Waals surface area contributed by atoms with E-state index in [1.807, 2.05) is 0 Å². The molecule has 0 aliphatic heterocycles. The molecule has 3 rings (SSSR count). The summed E-state index contributed by atoms with van der Waals surface area (Å²) in [6.07, 6.45) is 0. The molecular formula is C17H9BrCl2O5S. The van der Waals surface area contributed by atoms with Crippen LogP contribution in [0.25, 0.3) is 0 Å². The Balaban J connectivity index is 1.85. The Kier molecular flexibility index (Phi) is 5.43. The smallest absolute Gasteiger partial charge is 0.379 e. The summed E-state index contributed by atoms with van der Waals surface area (Å²) in [5.41, 5.74) is 0. The van der Waals surface area contributed by atoms with E-state index in [9.17, 15) is 13.2 Å². The van der Waals surface area contributed by atoms with Crippen molar-refractivity contribution in [2.24, 2.45) is 0 Å². The number of hydrogen-bond donors (Lipinski definition) is 0. The number of benzene rings is 2. The second kappa shape index (κ2) is 7.44. The van der Waals surface area contributed by atoms with Crippen LogP contribution in [0.4, 0.5) is 0 Å². The van der Waals surface area contributed by atoms with E-state index in [0.717, 1.165) is 4.47 Å². The average Bonchev–Trinajstić information content (AvgIpc) is 3.09. The van der Waals surface area contributed by atoms with Gasteiger partial charge in [-0.25, -0.2) is 13.2 Å². The fourth-order valence-corrected chi connectivity index (χ4v) is 3.90. The number of ether oxygens (including phenoxy) is 1. The molecule has 0 N–H and O–H groups in total. The Hall–Kier alpha value is -1.80. The molecule has 0 spiro atoms. The predicted molar refractivity (Wildman–Crippen MR) is 99.7 cm³/mol. The maximum absolute atomic E-state index is 12.5. The van der Waals surface area contributed by atoms with Crippen molar-refractivity contribution in [2.75, 3.05) is 0 Å². The molecule has 2 aromatic carbocycles. The highest BCUT2D eigenvalue weighted by molar-refractivity contribution is 9.10. The van der Waals surface area contributed by atoms with Gasteiger partial charge in [-0.05, 0) is 54.6 Å². The molecule has 0 aliphatic rings. The number of halogens is 3. The van der Waals surface area contributed by atoms with Crippen LogP contribution in [0.1, 0.15) is 10.6 Å². The van der Waals surface area contributed by atoms with Gasteiger partial charge in [-0.15, -0.1) is 0 Å². The van der Waals surface area contributed by atoms with Crippen molar-refractivity contribution in [1.82, 2.24) is 0 Å². The molecule has 3 aromatic rings. The molecular weight excluding hydrogens is 467 g/mol. The molecule has 5 nitrogen and oxygen atoms in total. The van der Waals surface area contributed by atoms with Crippen LogP contribution >= 0.6 is 39.1 Å². The van der Waals surface area contributed by atoms with Gasteiger partial charge < -0.3 is 9.15 Å². The zero-order valence-electron chi connectivity index (χ0n) is 12.8. The van der Waals surface area contributed by atoms with Crippen molar-refractivity contribution in [1.29, 1.82) is 0 Å². The minimum absolute atomic E-state index is 0.0377. The minimum Gasteiger partial charge on any atom is -0.437 e. The molecule has 0 saturated heterocycles. The highest BCUT2D eigenvalue weighted by atomic mass is 79.9. The first-order valence-electron chi connectivity index (χ1n) is 7.05. The lowest BCUT2D eigenvalue weighted by molar-refractivity contribution is 0.0695. The second-order valence-electron chi connectivity index (χ2n) is 5.04. The lowest BCUT2D eigenvalue weighted by Gasteiger charge is -2.05. The Morgan fingerprint density at radius 1 is 1.00 bits per heavy atom. The fourth-order valence-electron chi connectivity index (χ4n) is 2.01. The first kappa shape index (κ1) is 19.0. The maximum atomic E-state index is 12.5. The van der Waals surface area contributed by atoms with Gasteiger partial charge in [0.2, 0.25) is 20.7 Å². The van der Waals surface area contributed by atoms with Crippen LogP contribution in [0.3, 0.4) is 0 Å². The number of rotatable bonds is 4. The molecule has 0 saturated carbocycles. The van der Waals surface area contributed by atoms with E-state index in [1.54, 1.807) is 12.1 Å². The van der Waals surface area contributed by atoms with E-state index < -0.39 is 15.8 Å². The summed E-state index contributed by atoms with van der Waals surface area (Å²) in [5.74, 6) is -1.08. The molecule has 26 heavy (non-hydrogen) atoms. The highest BCUT2D eigenvalue weighted by Crippen LogP contribution is 2.29. The number of carbonyl (C=O) groups excluding carboxylic acids is 1. The normalized spacial score (nSPS) is 11.3. The molecule has 0 fully saturated rings. The van der Waals surface area contributed by atoms with Gasteiger partial charge in [-0.2, -0.15) is 0 Å². The summed E-state index contributed by atoms with van der Waals surface area (Å²) in [5, 5.41) is 0.157. The number of hydrogen-bond acceptors (Lipinski definition) is 5. The Bertz CT molecular complexity index is 1070. The molecule has 0 bridgehead atoms. The molecule has 0 amide bonds. The Morgan fingerprint density at radius 3 is 2.35 bits per heavy atom. The van der Waals surface area contributed by atoms with E-state index in [-0.39, 0.29) is 26.5 Å². The van der Waals surface area contributed by atoms with Gasteiger partial charge in [0.15, 0.2) is 0 Å². The third kappa shape index (κ3) is 3.96. The largest absolute Gasteiger partial charge is 0.437 e. The van der Waals surface area contributed by atoms with Crippen LogP contribution in [0.2, 0.25) is 10.0 Å². The van der Waals surface area contributed by atoms with Gasteiger partial charge in [0.1, 0.15) is 5.75 Å². The molecule has 0 radical (unpaired) electrons. The fraction of sp³-hybridized carbons (Fsp3) is 0. The summed E-state index contributed by atoms with van der Waals surface area (Å²) < 4.78 is 36.1. The standard InChI is InChI=1S/C17H9BrCl2O5S/c18-10-1-4-12(5-2-10)26(22,23)16-8-7-15(24-16)17(21)25-14-6-3-11(19)9-13(14)20/h1-9H. The van der Waals surface area contributed by atoms with Gasteiger partial charge in [-0.3, -0.25) is 0 Å². The minimum atomic E-state index is -3.89. The lowest BCUT2D eigenvalue weighted by Crippen LogP contribution is -2.08. The van der Waals surface area contributed by atoms with Gasteiger partial charge >= 0.3 is 5.97 Å². The van der Waals surface area contributed by atoms with Crippen LogP contribution < -0.4 is 4.74 Å². The summed E-state index contributed by atoms with van der Waals surface area (Å²) in [6.45, 7) is 0. The van der Waals surface area contributed by atoms with E-state index in [1.165, 1.54) is 42.5 Å². The van der Waals surface area contributed by atoms with Gasteiger partial charge in [0.25, 0.3) is 0 Å². The number of carbonyl (C=O) groups is 1. The SMILES string of the molecule is O=C(Oc1ccc(Cl)cc1Cl)c1ccc(S(=O)(=O)c2ccc(Br)cc2)o1. The van der Waals surface area contributed by atoms with Gasteiger partial charge in [0.05, 0.1) is 9.92 Å². The van der Waals surface area contributed by atoms with Crippen LogP contribution in [0.15, 0.2) is 73.5 Å². The van der Waals surface area contributed by atoms with Crippen LogP contribution in [-0.4, -0.2) is 14.4 Å². The second-order valence-corrected chi connectivity index (χ2v) is 8.68. The summed E-state index contributed by atoms with van der Waals surface area (Å²) >= 11 is 15.0. The maximum Gasteiger partial charge on any atom is 0.379 e. The Morgan fingerprint density at radius 2 is 1.69 bits per heavy atom. The van der Waals surface area contributed by atoms with E-state index in [2.05, 4.69) is 15.9 Å².